The van der Waals surface area contributed by atoms with Crippen molar-refractivity contribution in [3.63, 3.8) is 0 Å². The molecule has 3 unspecified atom stereocenters. The van der Waals surface area contributed by atoms with Crippen molar-refractivity contribution >= 4 is 11.9 Å². The summed E-state index contributed by atoms with van der Waals surface area (Å²) in [4.78, 5) is 23.5. The smallest absolute Gasteiger partial charge is 0.310 e. The summed E-state index contributed by atoms with van der Waals surface area (Å²) in [5.74, 6) is -1.40. The van der Waals surface area contributed by atoms with Crippen LogP contribution >= 0.6 is 0 Å². The van der Waals surface area contributed by atoms with Crippen LogP contribution in [0.4, 0.5) is 0 Å². The second-order valence-electron chi connectivity index (χ2n) is 4.20. The third-order valence-corrected chi connectivity index (χ3v) is 3.01. The van der Waals surface area contributed by atoms with Crippen LogP contribution in [0.3, 0.4) is 0 Å². The van der Waals surface area contributed by atoms with E-state index >= 15 is 0 Å². The van der Waals surface area contributed by atoms with E-state index in [1.165, 1.54) is 0 Å². The molecule has 0 heterocycles. The summed E-state index contributed by atoms with van der Waals surface area (Å²) in [6.07, 6.45) is 0.827. The molecule has 0 aliphatic carbocycles. The van der Waals surface area contributed by atoms with Gasteiger partial charge in [-0.3, -0.25) is 9.59 Å². The van der Waals surface area contributed by atoms with Gasteiger partial charge < -0.3 is 9.47 Å². The van der Waals surface area contributed by atoms with E-state index in [0.717, 1.165) is 6.42 Å². The lowest BCUT2D eigenvalue weighted by molar-refractivity contribution is -0.161. The topological polar surface area (TPSA) is 52.6 Å². The first-order chi connectivity index (χ1) is 7.99. The summed E-state index contributed by atoms with van der Waals surface area (Å²) in [6.45, 7) is 9.87. The maximum atomic E-state index is 11.9. The van der Waals surface area contributed by atoms with Crippen molar-refractivity contribution in [2.45, 2.75) is 41.0 Å². The molecule has 0 N–H and O–H groups in total. The average Bonchev–Trinajstić information content (AvgIpc) is 2.29. The first-order valence-electron chi connectivity index (χ1n) is 6.32. The molecular formula is C13H24O4. The van der Waals surface area contributed by atoms with Gasteiger partial charge in [-0.25, -0.2) is 0 Å². The fourth-order valence-corrected chi connectivity index (χ4v) is 1.84. The van der Waals surface area contributed by atoms with Crippen LogP contribution in [0.15, 0.2) is 0 Å². The lowest BCUT2D eigenvalue weighted by Crippen LogP contribution is -2.35. The van der Waals surface area contributed by atoms with E-state index in [9.17, 15) is 9.59 Å². The highest BCUT2D eigenvalue weighted by molar-refractivity contribution is 5.82. The molecular weight excluding hydrogens is 220 g/mol. The van der Waals surface area contributed by atoms with Gasteiger partial charge in [0.15, 0.2) is 0 Å². The third-order valence-electron chi connectivity index (χ3n) is 3.01. The largest absolute Gasteiger partial charge is 0.466 e. The van der Waals surface area contributed by atoms with Gasteiger partial charge in [-0.15, -0.1) is 0 Å². The van der Waals surface area contributed by atoms with E-state index in [1.807, 2.05) is 13.8 Å². The molecule has 0 saturated heterocycles. The van der Waals surface area contributed by atoms with Crippen LogP contribution < -0.4 is 0 Å². The number of hydrogen-bond donors (Lipinski definition) is 0. The van der Waals surface area contributed by atoms with Crippen molar-refractivity contribution < 1.29 is 19.1 Å². The molecule has 0 aromatic rings. The molecule has 0 aliphatic rings. The van der Waals surface area contributed by atoms with Gasteiger partial charge in [0.05, 0.1) is 25.0 Å². The van der Waals surface area contributed by atoms with Crippen molar-refractivity contribution in [2.75, 3.05) is 13.2 Å². The zero-order valence-corrected chi connectivity index (χ0v) is 11.5. The second kappa shape index (κ2) is 8.09. The van der Waals surface area contributed by atoms with Crippen LogP contribution in [-0.4, -0.2) is 25.2 Å². The first kappa shape index (κ1) is 15.9. The molecule has 0 spiro atoms. The highest BCUT2D eigenvalue weighted by Gasteiger charge is 2.35. The molecule has 0 rings (SSSR count). The Bertz CT molecular complexity index is 250. The van der Waals surface area contributed by atoms with Gasteiger partial charge in [-0.2, -0.15) is 0 Å². The Balaban J connectivity index is 4.78. The summed E-state index contributed by atoms with van der Waals surface area (Å²) < 4.78 is 9.99. The van der Waals surface area contributed by atoms with Crippen molar-refractivity contribution in [1.29, 1.82) is 0 Å². The molecule has 0 aromatic carbocycles. The van der Waals surface area contributed by atoms with Crippen molar-refractivity contribution in [1.82, 2.24) is 0 Å². The van der Waals surface area contributed by atoms with E-state index in [1.54, 1.807) is 20.8 Å². The van der Waals surface area contributed by atoms with Crippen molar-refractivity contribution in [3.05, 3.63) is 0 Å². The molecule has 0 aromatic heterocycles. The van der Waals surface area contributed by atoms with Gasteiger partial charge in [0.2, 0.25) is 0 Å². The summed E-state index contributed by atoms with van der Waals surface area (Å²) in [6, 6.07) is 0. The zero-order valence-electron chi connectivity index (χ0n) is 11.5. The Hall–Kier alpha value is -1.06. The van der Waals surface area contributed by atoms with Crippen LogP contribution in [0, 0.1) is 17.8 Å². The molecule has 17 heavy (non-hydrogen) atoms. The number of carbonyl (C=O) groups is 2. The molecule has 0 amide bonds. The number of ether oxygens (including phenoxy) is 2. The van der Waals surface area contributed by atoms with E-state index in [4.69, 9.17) is 9.47 Å². The molecule has 0 radical (unpaired) electrons. The van der Waals surface area contributed by atoms with E-state index < -0.39 is 11.8 Å². The minimum atomic E-state index is -0.455. The SMILES string of the molecule is CCOC(=O)C(C)C(C(=O)OCC)C(C)CC. The van der Waals surface area contributed by atoms with E-state index in [-0.39, 0.29) is 17.9 Å². The molecule has 0 aliphatic heterocycles. The molecule has 3 atom stereocenters. The number of esters is 2. The Morgan fingerprint density at radius 2 is 1.41 bits per heavy atom. The van der Waals surface area contributed by atoms with Gasteiger partial charge in [0, 0.05) is 0 Å². The summed E-state index contributed by atoms with van der Waals surface area (Å²) in [5.41, 5.74) is 0. The lowest BCUT2D eigenvalue weighted by atomic mass is 9.82. The number of rotatable bonds is 7. The van der Waals surface area contributed by atoms with Gasteiger partial charge in [-0.1, -0.05) is 27.2 Å². The minimum absolute atomic E-state index is 0.105. The van der Waals surface area contributed by atoms with Crippen LogP contribution in [0.1, 0.15) is 41.0 Å². The highest BCUT2D eigenvalue weighted by Crippen LogP contribution is 2.26. The fourth-order valence-electron chi connectivity index (χ4n) is 1.84. The van der Waals surface area contributed by atoms with Gasteiger partial charge >= 0.3 is 11.9 Å². The standard InChI is InChI=1S/C13H24O4/c1-6-9(4)11(13(15)17-8-3)10(5)12(14)16-7-2/h9-11H,6-8H2,1-5H3. The van der Waals surface area contributed by atoms with Crippen LogP contribution in [0.5, 0.6) is 0 Å². The normalized spacial score (nSPS) is 15.8. The maximum Gasteiger partial charge on any atom is 0.310 e. The Morgan fingerprint density at radius 1 is 0.941 bits per heavy atom. The summed E-state index contributed by atoms with van der Waals surface area (Å²) >= 11 is 0. The predicted molar refractivity (Wildman–Crippen MR) is 65.4 cm³/mol. The average molecular weight is 244 g/mol. The quantitative estimate of drug-likeness (QED) is 0.645. The summed E-state index contributed by atoms with van der Waals surface area (Å²) in [7, 11) is 0. The fraction of sp³-hybridized carbons (Fsp3) is 0.846. The Labute approximate surface area is 104 Å². The first-order valence-corrected chi connectivity index (χ1v) is 6.32. The Morgan fingerprint density at radius 3 is 1.82 bits per heavy atom. The van der Waals surface area contributed by atoms with Crippen molar-refractivity contribution in [2.24, 2.45) is 17.8 Å². The molecule has 4 nitrogen and oxygen atoms in total. The molecule has 100 valence electrons. The summed E-state index contributed by atoms with van der Waals surface area (Å²) in [5, 5.41) is 0. The van der Waals surface area contributed by atoms with Crippen LogP contribution in [0.25, 0.3) is 0 Å². The molecule has 0 fully saturated rings. The zero-order chi connectivity index (χ0) is 13.4. The van der Waals surface area contributed by atoms with Crippen LogP contribution in [0.2, 0.25) is 0 Å². The monoisotopic (exact) mass is 244 g/mol. The van der Waals surface area contributed by atoms with Gasteiger partial charge in [-0.05, 0) is 19.8 Å². The van der Waals surface area contributed by atoms with Gasteiger partial charge in [0.1, 0.15) is 0 Å². The molecule has 0 bridgehead atoms. The highest BCUT2D eigenvalue weighted by atomic mass is 16.5. The molecule has 0 saturated carbocycles. The maximum absolute atomic E-state index is 11.9. The Kier molecular flexibility index (Phi) is 7.59. The lowest BCUT2D eigenvalue weighted by Gasteiger charge is -2.25. The minimum Gasteiger partial charge on any atom is -0.466 e. The predicted octanol–water partition coefficient (Wildman–Crippen LogP) is 2.41. The molecule has 4 heteroatoms. The number of carbonyl (C=O) groups excluding carboxylic acids is 2. The van der Waals surface area contributed by atoms with Gasteiger partial charge in [0.25, 0.3) is 0 Å². The third kappa shape index (κ3) is 4.75. The van der Waals surface area contributed by atoms with Crippen molar-refractivity contribution in [3.8, 4) is 0 Å². The number of hydrogen-bond acceptors (Lipinski definition) is 4. The van der Waals surface area contributed by atoms with E-state index in [0.29, 0.717) is 13.2 Å². The van der Waals surface area contributed by atoms with E-state index in [2.05, 4.69) is 0 Å². The second-order valence-corrected chi connectivity index (χ2v) is 4.20. The van der Waals surface area contributed by atoms with Crippen LogP contribution in [-0.2, 0) is 19.1 Å².